The average Bonchev–Trinajstić information content (AvgIpc) is 2.96. The van der Waals surface area contributed by atoms with Gasteiger partial charge in [0, 0.05) is 18.4 Å². The zero-order valence-electron chi connectivity index (χ0n) is 22.2. The molecule has 0 amide bonds. The Morgan fingerprint density at radius 1 is 0.905 bits per heavy atom. The summed E-state index contributed by atoms with van der Waals surface area (Å²) in [5.41, 5.74) is -0.344. The molecule has 42 heavy (non-hydrogen) atoms. The van der Waals surface area contributed by atoms with Crippen LogP contribution in [0.1, 0.15) is 25.7 Å². The number of aliphatic hydroxyl groups is 3. The van der Waals surface area contributed by atoms with Gasteiger partial charge in [-0.3, -0.25) is 14.4 Å². The Kier molecular flexibility index (Phi) is 9.42. The molecule has 0 unspecified atom stereocenters. The Morgan fingerprint density at radius 3 is 2.31 bits per heavy atom. The van der Waals surface area contributed by atoms with E-state index in [-0.39, 0.29) is 59.5 Å². The summed E-state index contributed by atoms with van der Waals surface area (Å²) in [7, 11) is 1.30. The standard InChI is InChI=1S/C28H28O14/c1-38-16-11-10-13(12-17(16)40-28-23(35)21(33)22(34)26(42-28)27(36)37)24-25(41-19(31)9-5-4-8-18(29)30)20(32)14-6-2-3-7-15(14)39-24/h2-3,6-7,10-12,21-23,26,28,33-35H,4-5,8-9H2,1H3,(H,29,30)(H,36,37)/t21-,22-,23+,26-,28+/m1/s1. The molecule has 0 radical (unpaired) electrons. The van der Waals surface area contributed by atoms with Gasteiger partial charge in [-0.1, -0.05) is 12.1 Å². The summed E-state index contributed by atoms with van der Waals surface area (Å²) < 4.78 is 27.5. The largest absolute Gasteiger partial charge is 0.493 e. The number of ether oxygens (including phenoxy) is 4. The minimum Gasteiger partial charge on any atom is -0.493 e. The molecule has 1 aliphatic heterocycles. The molecule has 5 atom stereocenters. The predicted molar refractivity (Wildman–Crippen MR) is 141 cm³/mol. The number of aliphatic hydroxyl groups excluding tert-OH is 3. The molecule has 0 saturated carbocycles. The molecular formula is C28H28O14. The number of fused-ring (bicyclic) bond motifs is 1. The van der Waals surface area contributed by atoms with E-state index in [2.05, 4.69) is 0 Å². The predicted octanol–water partition coefficient (Wildman–Crippen LogP) is 1.29. The maximum absolute atomic E-state index is 13.4. The molecule has 2 heterocycles. The lowest BCUT2D eigenvalue weighted by atomic mass is 9.99. The van der Waals surface area contributed by atoms with Crippen LogP contribution in [0.25, 0.3) is 22.3 Å². The first kappa shape index (κ1) is 30.5. The quantitative estimate of drug-likeness (QED) is 0.157. The molecule has 0 spiro atoms. The molecule has 14 nitrogen and oxygen atoms in total. The van der Waals surface area contributed by atoms with Crippen LogP contribution >= 0.6 is 0 Å². The van der Waals surface area contributed by atoms with Crippen LogP contribution in [0, 0.1) is 0 Å². The molecule has 0 bridgehead atoms. The molecular weight excluding hydrogens is 560 g/mol. The van der Waals surface area contributed by atoms with Crippen LogP contribution in [-0.2, 0) is 19.1 Å². The van der Waals surface area contributed by atoms with E-state index in [1.54, 1.807) is 12.1 Å². The number of carbonyl (C=O) groups excluding carboxylic acids is 1. The number of esters is 1. The lowest BCUT2D eigenvalue weighted by Crippen LogP contribution is -2.61. The van der Waals surface area contributed by atoms with Crippen molar-refractivity contribution in [3.8, 4) is 28.6 Å². The molecule has 0 aliphatic carbocycles. The van der Waals surface area contributed by atoms with Crippen molar-refractivity contribution in [1.82, 2.24) is 0 Å². The van der Waals surface area contributed by atoms with Crippen LogP contribution in [0.15, 0.2) is 51.7 Å². The molecule has 1 fully saturated rings. The Hall–Kier alpha value is -4.50. The van der Waals surface area contributed by atoms with Crippen LogP contribution in [0.2, 0.25) is 0 Å². The van der Waals surface area contributed by atoms with Gasteiger partial charge in [0.25, 0.3) is 0 Å². The summed E-state index contributed by atoms with van der Waals surface area (Å²) in [6.07, 6.45) is -9.24. The third-order valence-corrected chi connectivity index (χ3v) is 6.48. The molecule has 224 valence electrons. The van der Waals surface area contributed by atoms with Crippen molar-refractivity contribution in [2.24, 2.45) is 0 Å². The van der Waals surface area contributed by atoms with Gasteiger partial charge in [0.1, 0.15) is 23.9 Å². The van der Waals surface area contributed by atoms with Crippen molar-refractivity contribution < 1.29 is 63.3 Å². The van der Waals surface area contributed by atoms with E-state index in [1.165, 1.54) is 37.4 Å². The Balaban J connectivity index is 1.71. The van der Waals surface area contributed by atoms with Crippen molar-refractivity contribution in [3.63, 3.8) is 0 Å². The third-order valence-electron chi connectivity index (χ3n) is 6.48. The van der Waals surface area contributed by atoms with Crippen LogP contribution in [0.5, 0.6) is 17.2 Å². The number of benzene rings is 2. The first-order valence-corrected chi connectivity index (χ1v) is 12.8. The van der Waals surface area contributed by atoms with Crippen molar-refractivity contribution in [3.05, 3.63) is 52.7 Å². The summed E-state index contributed by atoms with van der Waals surface area (Å²) in [5, 5.41) is 48.7. The van der Waals surface area contributed by atoms with Crippen molar-refractivity contribution in [2.45, 2.75) is 56.4 Å². The topological polar surface area (TPSA) is 219 Å². The second kappa shape index (κ2) is 13.0. The molecule has 2 aromatic carbocycles. The lowest BCUT2D eigenvalue weighted by molar-refractivity contribution is -0.271. The molecule has 4 rings (SSSR count). The fraction of sp³-hybridized carbons (Fsp3) is 0.357. The Labute approximate surface area is 237 Å². The average molecular weight is 589 g/mol. The summed E-state index contributed by atoms with van der Waals surface area (Å²) in [6.45, 7) is 0. The van der Waals surface area contributed by atoms with Crippen LogP contribution in [-0.4, -0.2) is 81.3 Å². The summed E-state index contributed by atoms with van der Waals surface area (Å²) >= 11 is 0. The number of aliphatic carboxylic acids is 2. The Bertz CT molecular complexity index is 1530. The van der Waals surface area contributed by atoms with E-state index in [0.717, 1.165) is 0 Å². The molecule has 1 aliphatic rings. The fourth-order valence-corrected chi connectivity index (χ4v) is 4.30. The number of methoxy groups -OCH3 is 1. The number of para-hydroxylation sites is 1. The van der Waals surface area contributed by atoms with E-state index in [4.69, 9.17) is 28.5 Å². The monoisotopic (exact) mass is 588 g/mol. The zero-order chi connectivity index (χ0) is 30.6. The number of carboxylic acid groups (broad SMARTS) is 2. The smallest absolute Gasteiger partial charge is 0.335 e. The first-order valence-electron chi connectivity index (χ1n) is 12.8. The van der Waals surface area contributed by atoms with Crippen molar-refractivity contribution in [1.29, 1.82) is 0 Å². The van der Waals surface area contributed by atoms with Gasteiger partial charge < -0.3 is 48.9 Å². The van der Waals surface area contributed by atoms with E-state index < -0.39 is 59.8 Å². The molecule has 3 aromatic rings. The van der Waals surface area contributed by atoms with Gasteiger partial charge in [0.2, 0.25) is 17.5 Å². The van der Waals surface area contributed by atoms with Gasteiger partial charge in [-0.2, -0.15) is 0 Å². The highest BCUT2D eigenvalue weighted by atomic mass is 16.7. The second-order valence-corrected chi connectivity index (χ2v) is 9.38. The molecule has 5 N–H and O–H groups in total. The van der Waals surface area contributed by atoms with Crippen LogP contribution < -0.4 is 19.6 Å². The van der Waals surface area contributed by atoms with Gasteiger partial charge in [-0.05, 0) is 43.2 Å². The molecule has 1 saturated heterocycles. The maximum Gasteiger partial charge on any atom is 0.335 e. The minimum atomic E-state index is -1.93. The van der Waals surface area contributed by atoms with E-state index in [1.807, 2.05) is 0 Å². The normalized spacial score (nSPS) is 22.0. The highest BCUT2D eigenvalue weighted by Gasteiger charge is 2.48. The van der Waals surface area contributed by atoms with Gasteiger partial charge in [0.15, 0.2) is 23.4 Å². The van der Waals surface area contributed by atoms with Gasteiger partial charge in [-0.25, -0.2) is 4.79 Å². The van der Waals surface area contributed by atoms with E-state index >= 15 is 0 Å². The number of hydrogen-bond acceptors (Lipinski definition) is 12. The first-order chi connectivity index (χ1) is 20.0. The van der Waals surface area contributed by atoms with Crippen molar-refractivity contribution >= 4 is 28.9 Å². The van der Waals surface area contributed by atoms with Crippen LogP contribution in [0.4, 0.5) is 0 Å². The molecule has 1 aromatic heterocycles. The minimum absolute atomic E-state index is 0.0714. The SMILES string of the molecule is COc1ccc(-c2oc3ccccc3c(=O)c2OC(=O)CCCCC(=O)O)cc1O[C@H]1O[C@@H](C(=O)O)[C@H](O)[C@@H](O)[C@@H]1O. The summed E-state index contributed by atoms with van der Waals surface area (Å²) in [6, 6.07) is 10.4. The number of rotatable bonds is 11. The van der Waals surface area contributed by atoms with Gasteiger partial charge in [-0.15, -0.1) is 0 Å². The number of carboxylic acids is 2. The highest BCUT2D eigenvalue weighted by molar-refractivity contribution is 5.84. The maximum atomic E-state index is 13.4. The zero-order valence-corrected chi connectivity index (χ0v) is 22.2. The number of hydrogen-bond donors (Lipinski definition) is 5. The summed E-state index contributed by atoms with van der Waals surface area (Å²) in [5.74, 6) is -4.08. The van der Waals surface area contributed by atoms with Gasteiger partial charge >= 0.3 is 17.9 Å². The fourth-order valence-electron chi connectivity index (χ4n) is 4.30. The second-order valence-electron chi connectivity index (χ2n) is 9.38. The third kappa shape index (κ3) is 6.52. The molecule has 14 heteroatoms. The van der Waals surface area contributed by atoms with Gasteiger partial charge in [0.05, 0.1) is 12.5 Å². The summed E-state index contributed by atoms with van der Waals surface area (Å²) in [4.78, 5) is 48.2. The van der Waals surface area contributed by atoms with Crippen LogP contribution in [0.3, 0.4) is 0 Å². The highest BCUT2D eigenvalue weighted by Crippen LogP contribution is 2.38. The Morgan fingerprint density at radius 2 is 1.62 bits per heavy atom. The lowest BCUT2D eigenvalue weighted by Gasteiger charge is -2.38. The van der Waals surface area contributed by atoms with Crippen molar-refractivity contribution in [2.75, 3.05) is 7.11 Å². The van der Waals surface area contributed by atoms with E-state index in [0.29, 0.717) is 0 Å². The number of unbranched alkanes of at least 4 members (excludes halogenated alkanes) is 1. The number of carbonyl (C=O) groups is 3. The van der Waals surface area contributed by atoms with E-state index in [9.17, 15) is 39.6 Å².